The molecular weight excluding hydrogens is 237 g/mol. The van der Waals surface area contributed by atoms with Crippen LogP contribution in [-0.4, -0.2) is 19.8 Å². The van der Waals surface area contributed by atoms with E-state index in [2.05, 4.69) is 0 Å². The molecule has 0 fully saturated rings. The van der Waals surface area contributed by atoms with Crippen LogP contribution in [0.4, 0.5) is 5.69 Å². The van der Waals surface area contributed by atoms with Crippen molar-refractivity contribution >= 4 is 13.3 Å². The molecule has 8 heteroatoms. The smallest absolute Gasteiger partial charge is 0.358 e. The van der Waals surface area contributed by atoms with Crippen LogP contribution in [-0.2, 0) is 4.57 Å². The van der Waals surface area contributed by atoms with Crippen molar-refractivity contribution < 1.29 is 24.4 Å². The standard InChI is InChI=1S/C8H10NO6P/c1-5-2-3-6(4-7(5)9(11)12)8(10)16(13,14)15/h2-4,8,10H,1H3,(H2,13,14,15). The van der Waals surface area contributed by atoms with Gasteiger partial charge < -0.3 is 14.9 Å². The average molecular weight is 247 g/mol. The van der Waals surface area contributed by atoms with Crippen LogP contribution in [0.15, 0.2) is 18.2 Å². The molecule has 0 aliphatic carbocycles. The molecule has 0 aliphatic rings. The highest BCUT2D eigenvalue weighted by Gasteiger charge is 2.29. The highest BCUT2D eigenvalue weighted by atomic mass is 31.2. The van der Waals surface area contributed by atoms with Crippen molar-refractivity contribution in [2.75, 3.05) is 0 Å². The minimum Gasteiger partial charge on any atom is -0.376 e. The Morgan fingerprint density at radius 2 is 2.00 bits per heavy atom. The normalized spacial score (nSPS) is 13.5. The number of hydrogen-bond acceptors (Lipinski definition) is 4. The summed E-state index contributed by atoms with van der Waals surface area (Å²) in [4.78, 5) is 27.4. The quantitative estimate of drug-likeness (QED) is 0.417. The van der Waals surface area contributed by atoms with E-state index < -0.39 is 18.4 Å². The molecule has 1 rings (SSSR count). The molecule has 0 heterocycles. The average Bonchev–Trinajstić information content (AvgIpc) is 2.15. The first-order valence-corrected chi connectivity index (χ1v) is 5.90. The third-order valence-electron chi connectivity index (χ3n) is 2.05. The fourth-order valence-electron chi connectivity index (χ4n) is 1.18. The minimum atomic E-state index is -4.71. The number of aliphatic hydroxyl groups is 1. The Morgan fingerprint density at radius 1 is 1.44 bits per heavy atom. The van der Waals surface area contributed by atoms with Gasteiger partial charge in [0.25, 0.3) is 5.69 Å². The summed E-state index contributed by atoms with van der Waals surface area (Å²) in [7, 11) is -4.71. The number of hydrogen-bond donors (Lipinski definition) is 3. The molecule has 0 spiro atoms. The van der Waals surface area contributed by atoms with Crippen LogP contribution in [0, 0.1) is 17.0 Å². The molecule has 0 saturated carbocycles. The molecule has 0 radical (unpaired) electrons. The number of aryl methyl sites for hydroxylation is 1. The molecule has 1 aromatic carbocycles. The fourth-order valence-corrected chi connectivity index (χ4v) is 1.73. The van der Waals surface area contributed by atoms with Crippen LogP contribution < -0.4 is 0 Å². The van der Waals surface area contributed by atoms with E-state index in [9.17, 15) is 19.8 Å². The third kappa shape index (κ3) is 2.65. The Morgan fingerprint density at radius 3 is 2.44 bits per heavy atom. The second-order valence-electron chi connectivity index (χ2n) is 3.27. The molecule has 3 N–H and O–H groups in total. The zero-order valence-electron chi connectivity index (χ0n) is 8.27. The van der Waals surface area contributed by atoms with Gasteiger partial charge >= 0.3 is 7.60 Å². The molecule has 0 aliphatic heterocycles. The van der Waals surface area contributed by atoms with Gasteiger partial charge in [-0.3, -0.25) is 14.7 Å². The van der Waals surface area contributed by atoms with Crippen molar-refractivity contribution in [3.8, 4) is 0 Å². The lowest BCUT2D eigenvalue weighted by Gasteiger charge is -2.12. The van der Waals surface area contributed by atoms with Crippen LogP contribution in [0.2, 0.25) is 0 Å². The van der Waals surface area contributed by atoms with Crippen LogP contribution >= 0.6 is 7.60 Å². The van der Waals surface area contributed by atoms with Gasteiger partial charge in [-0.15, -0.1) is 0 Å². The van der Waals surface area contributed by atoms with E-state index in [1.807, 2.05) is 0 Å². The molecule has 7 nitrogen and oxygen atoms in total. The highest BCUT2D eigenvalue weighted by Crippen LogP contribution is 2.50. The van der Waals surface area contributed by atoms with E-state index in [1.54, 1.807) is 0 Å². The maximum absolute atomic E-state index is 10.8. The van der Waals surface area contributed by atoms with Crippen molar-refractivity contribution in [1.29, 1.82) is 0 Å². The summed E-state index contributed by atoms with van der Waals surface area (Å²) in [6.07, 6.45) is 0. The number of benzene rings is 1. The first-order valence-electron chi connectivity index (χ1n) is 4.21. The molecule has 16 heavy (non-hydrogen) atoms. The van der Waals surface area contributed by atoms with Crippen molar-refractivity contribution in [2.45, 2.75) is 12.8 Å². The SMILES string of the molecule is Cc1ccc(C(O)P(=O)(O)O)cc1[N+](=O)[O-]. The van der Waals surface area contributed by atoms with Gasteiger partial charge in [0, 0.05) is 11.6 Å². The lowest BCUT2D eigenvalue weighted by atomic mass is 10.1. The molecule has 0 saturated heterocycles. The van der Waals surface area contributed by atoms with E-state index in [1.165, 1.54) is 19.1 Å². The van der Waals surface area contributed by atoms with E-state index in [-0.39, 0.29) is 11.3 Å². The van der Waals surface area contributed by atoms with Gasteiger partial charge in [-0.25, -0.2) is 0 Å². The number of aliphatic hydroxyl groups excluding tert-OH is 1. The van der Waals surface area contributed by atoms with Crippen molar-refractivity contribution in [2.24, 2.45) is 0 Å². The lowest BCUT2D eigenvalue weighted by Crippen LogP contribution is -2.00. The van der Waals surface area contributed by atoms with Crippen LogP contribution in [0.1, 0.15) is 17.0 Å². The molecule has 88 valence electrons. The second kappa shape index (κ2) is 4.31. The van der Waals surface area contributed by atoms with E-state index in [0.29, 0.717) is 5.56 Å². The number of nitro benzene ring substituents is 1. The summed E-state index contributed by atoms with van der Waals surface area (Å²) in [6, 6.07) is 3.53. The zero-order valence-corrected chi connectivity index (χ0v) is 9.16. The van der Waals surface area contributed by atoms with E-state index in [4.69, 9.17) is 9.79 Å². The van der Waals surface area contributed by atoms with Crippen molar-refractivity contribution in [3.63, 3.8) is 0 Å². The van der Waals surface area contributed by atoms with E-state index in [0.717, 1.165) is 6.07 Å². The van der Waals surface area contributed by atoms with Gasteiger partial charge in [0.15, 0.2) is 5.85 Å². The molecular formula is C8H10NO6P. The first kappa shape index (κ1) is 12.8. The topological polar surface area (TPSA) is 121 Å². The summed E-state index contributed by atoms with van der Waals surface area (Å²) < 4.78 is 10.8. The molecule has 0 aromatic heterocycles. The number of nitrogens with zero attached hydrogens (tertiary/aromatic N) is 1. The van der Waals surface area contributed by atoms with Gasteiger partial charge in [0.05, 0.1) is 4.92 Å². The van der Waals surface area contributed by atoms with Gasteiger partial charge in [-0.2, -0.15) is 0 Å². The van der Waals surface area contributed by atoms with Crippen molar-refractivity contribution in [3.05, 3.63) is 39.4 Å². The van der Waals surface area contributed by atoms with Crippen LogP contribution in [0.25, 0.3) is 0 Å². The lowest BCUT2D eigenvalue weighted by molar-refractivity contribution is -0.385. The number of rotatable bonds is 3. The monoisotopic (exact) mass is 247 g/mol. The van der Waals surface area contributed by atoms with Gasteiger partial charge in [0.2, 0.25) is 0 Å². The first-order chi connectivity index (χ1) is 7.23. The highest BCUT2D eigenvalue weighted by molar-refractivity contribution is 7.51. The summed E-state index contributed by atoms with van der Waals surface area (Å²) >= 11 is 0. The second-order valence-corrected chi connectivity index (χ2v) is 4.93. The van der Waals surface area contributed by atoms with Gasteiger partial charge in [0.1, 0.15) is 0 Å². The number of nitro groups is 1. The van der Waals surface area contributed by atoms with Crippen LogP contribution in [0.3, 0.4) is 0 Å². The summed E-state index contributed by atoms with van der Waals surface area (Å²) in [5, 5.41) is 19.8. The summed E-state index contributed by atoms with van der Waals surface area (Å²) in [6.45, 7) is 1.49. The van der Waals surface area contributed by atoms with Gasteiger partial charge in [-0.1, -0.05) is 12.1 Å². The van der Waals surface area contributed by atoms with Gasteiger partial charge in [-0.05, 0) is 12.5 Å². The summed E-state index contributed by atoms with van der Waals surface area (Å²) in [5.74, 6) is -2.04. The minimum absolute atomic E-state index is 0.175. The molecule has 0 amide bonds. The van der Waals surface area contributed by atoms with E-state index >= 15 is 0 Å². The fraction of sp³-hybridized carbons (Fsp3) is 0.250. The predicted octanol–water partition coefficient (Wildman–Crippen LogP) is 1.07. The molecule has 1 atom stereocenters. The molecule has 1 unspecified atom stereocenters. The Balaban J connectivity index is 3.23. The Kier molecular flexibility index (Phi) is 3.44. The predicted molar refractivity (Wildman–Crippen MR) is 54.8 cm³/mol. The molecule has 0 bridgehead atoms. The maximum atomic E-state index is 10.8. The Labute approximate surface area is 90.7 Å². The largest absolute Gasteiger partial charge is 0.376 e. The Bertz CT molecular complexity index is 468. The third-order valence-corrected chi connectivity index (χ3v) is 2.98. The van der Waals surface area contributed by atoms with Crippen LogP contribution in [0.5, 0.6) is 0 Å². The Hall–Kier alpha value is -1.27. The summed E-state index contributed by atoms with van der Waals surface area (Å²) in [5.41, 5.74) is -0.109. The zero-order chi connectivity index (χ0) is 12.5. The maximum Gasteiger partial charge on any atom is 0.358 e. The molecule has 1 aromatic rings. The van der Waals surface area contributed by atoms with Crippen molar-refractivity contribution in [1.82, 2.24) is 0 Å².